The van der Waals surface area contributed by atoms with Gasteiger partial charge in [-0.3, -0.25) is 0 Å². The topological polar surface area (TPSA) is 64.9 Å². The Morgan fingerprint density at radius 1 is 1.35 bits per heavy atom. The van der Waals surface area contributed by atoms with Crippen LogP contribution in [0.25, 0.3) is 21.7 Å². The van der Waals surface area contributed by atoms with Gasteiger partial charge in [0.05, 0.1) is 0 Å². The molecule has 17 heavy (non-hydrogen) atoms. The van der Waals surface area contributed by atoms with Crippen LogP contribution in [-0.2, 0) is 0 Å². The van der Waals surface area contributed by atoms with E-state index in [4.69, 9.17) is 10.2 Å². The van der Waals surface area contributed by atoms with E-state index in [1.54, 1.807) is 0 Å². The predicted molar refractivity (Wildman–Crippen MR) is 72.0 cm³/mol. The number of fused-ring (bicyclic) bond motifs is 1. The highest BCUT2D eigenvalue weighted by Gasteiger charge is 2.10. The van der Waals surface area contributed by atoms with Crippen molar-refractivity contribution in [2.45, 2.75) is 6.92 Å². The number of thiazole rings is 1. The Morgan fingerprint density at radius 2 is 2.18 bits per heavy atom. The predicted octanol–water partition coefficient (Wildman–Crippen LogP) is 3.60. The fourth-order valence-corrected chi connectivity index (χ4v) is 2.87. The van der Waals surface area contributed by atoms with Gasteiger partial charge in [0.25, 0.3) is 0 Å². The molecule has 0 fully saturated rings. The van der Waals surface area contributed by atoms with Crippen LogP contribution in [0.15, 0.2) is 26.4 Å². The lowest BCUT2D eigenvalue weighted by Crippen LogP contribution is -1.84. The number of aryl methyl sites for hydroxylation is 1. The maximum atomic E-state index is 5.71. The Labute approximate surface area is 110 Å². The molecule has 3 aromatic rings. The second-order valence-electron chi connectivity index (χ2n) is 3.59. The number of aromatic nitrogens is 2. The molecule has 0 amide bonds. The Hall–Kier alpha value is -1.40. The van der Waals surface area contributed by atoms with Crippen LogP contribution in [0.5, 0.6) is 0 Å². The fraction of sp³-hybridized carbons (Fsp3) is 0.0909. The van der Waals surface area contributed by atoms with Crippen molar-refractivity contribution in [2.24, 2.45) is 0 Å². The third-order valence-corrected chi connectivity index (χ3v) is 4.15. The van der Waals surface area contributed by atoms with E-state index >= 15 is 0 Å². The fourth-order valence-electron chi connectivity index (χ4n) is 1.61. The van der Waals surface area contributed by atoms with Crippen molar-refractivity contribution in [3.05, 3.63) is 27.9 Å². The van der Waals surface area contributed by atoms with Crippen molar-refractivity contribution in [1.29, 1.82) is 0 Å². The van der Waals surface area contributed by atoms with Gasteiger partial charge in [0.2, 0.25) is 0 Å². The molecule has 0 aliphatic rings. The summed E-state index contributed by atoms with van der Waals surface area (Å²) in [4.78, 5) is 8.58. The van der Waals surface area contributed by atoms with Gasteiger partial charge in [0.1, 0.15) is 20.1 Å². The third-order valence-electron chi connectivity index (χ3n) is 2.35. The Kier molecular flexibility index (Phi) is 2.41. The van der Waals surface area contributed by atoms with Crippen LogP contribution in [0.3, 0.4) is 0 Å². The summed E-state index contributed by atoms with van der Waals surface area (Å²) in [6, 6.07) is 5.81. The lowest BCUT2D eigenvalue weighted by atomic mass is 10.2. The molecular formula is C11H8BrN3OS. The van der Waals surface area contributed by atoms with Crippen LogP contribution in [0.1, 0.15) is 5.89 Å². The van der Waals surface area contributed by atoms with Crippen LogP contribution in [-0.4, -0.2) is 9.97 Å². The van der Waals surface area contributed by atoms with E-state index in [2.05, 4.69) is 25.9 Å². The van der Waals surface area contributed by atoms with Gasteiger partial charge in [-0.25, -0.2) is 9.97 Å². The van der Waals surface area contributed by atoms with E-state index in [0.717, 1.165) is 25.5 Å². The summed E-state index contributed by atoms with van der Waals surface area (Å²) in [5.74, 6) is 1.18. The van der Waals surface area contributed by atoms with Gasteiger partial charge in [-0.1, -0.05) is 0 Å². The number of nitrogens with zero attached hydrogens (tertiary/aromatic N) is 2. The van der Waals surface area contributed by atoms with Crippen molar-refractivity contribution in [1.82, 2.24) is 9.97 Å². The van der Waals surface area contributed by atoms with Crippen molar-refractivity contribution >= 4 is 44.2 Å². The highest BCUT2D eigenvalue weighted by atomic mass is 79.9. The van der Waals surface area contributed by atoms with Gasteiger partial charge in [0.15, 0.2) is 11.5 Å². The summed E-state index contributed by atoms with van der Waals surface area (Å²) in [6.07, 6.45) is 0. The highest BCUT2D eigenvalue weighted by molar-refractivity contribution is 9.11. The van der Waals surface area contributed by atoms with Crippen LogP contribution in [0.4, 0.5) is 5.82 Å². The Morgan fingerprint density at radius 3 is 2.88 bits per heavy atom. The molecule has 0 atom stereocenters. The van der Waals surface area contributed by atoms with Gasteiger partial charge in [-0.05, 0) is 34.1 Å². The van der Waals surface area contributed by atoms with Gasteiger partial charge < -0.3 is 10.2 Å². The van der Waals surface area contributed by atoms with Gasteiger partial charge in [-0.15, -0.1) is 11.3 Å². The van der Waals surface area contributed by atoms with E-state index in [-0.39, 0.29) is 0 Å². The molecule has 0 aliphatic heterocycles. The summed E-state index contributed by atoms with van der Waals surface area (Å²) in [5, 5.41) is 0.872. The first-order valence-corrected chi connectivity index (χ1v) is 6.54. The molecule has 1 aromatic carbocycles. The summed E-state index contributed by atoms with van der Waals surface area (Å²) in [7, 11) is 0. The zero-order valence-electron chi connectivity index (χ0n) is 8.90. The largest absolute Gasteiger partial charge is 0.441 e. The van der Waals surface area contributed by atoms with Crippen molar-refractivity contribution in [3.8, 4) is 10.6 Å². The maximum Gasteiger partial charge on any atom is 0.192 e. The lowest BCUT2D eigenvalue weighted by Gasteiger charge is -1.94. The Bertz CT molecular complexity index is 684. The minimum atomic E-state index is 0.515. The number of nitrogen functional groups attached to an aromatic ring is 1. The molecule has 6 heteroatoms. The average Bonchev–Trinajstić information content (AvgIpc) is 2.80. The first kappa shape index (κ1) is 10.7. The normalized spacial score (nSPS) is 11.2. The smallest absolute Gasteiger partial charge is 0.192 e. The SMILES string of the molecule is Cc1nc2cc(-c3nc(N)c(Br)s3)ccc2o1. The van der Waals surface area contributed by atoms with E-state index in [1.165, 1.54) is 11.3 Å². The molecule has 0 bridgehead atoms. The van der Waals surface area contributed by atoms with Gasteiger partial charge >= 0.3 is 0 Å². The molecule has 2 aromatic heterocycles. The molecule has 86 valence electrons. The molecule has 2 N–H and O–H groups in total. The zero-order chi connectivity index (χ0) is 12.0. The van der Waals surface area contributed by atoms with Crippen LogP contribution < -0.4 is 5.73 Å². The lowest BCUT2D eigenvalue weighted by molar-refractivity contribution is 0.561. The van der Waals surface area contributed by atoms with Crippen LogP contribution in [0, 0.1) is 6.92 Å². The highest BCUT2D eigenvalue weighted by Crippen LogP contribution is 2.34. The number of benzene rings is 1. The van der Waals surface area contributed by atoms with Crippen LogP contribution in [0.2, 0.25) is 0 Å². The number of oxazole rings is 1. The minimum Gasteiger partial charge on any atom is -0.441 e. The standard InChI is InChI=1S/C11H8BrN3OS/c1-5-14-7-4-6(2-3-8(7)16-5)11-15-10(13)9(12)17-11/h2-4H,13H2,1H3. The number of hydrogen-bond acceptors (Lipinski definition) is 5. The van der Waals surface area contributed by atoms with E-state index < -0.39 is 0 Å². The summed E-state index contributed by atoms with van der Waals surface area (Å²) >= 11 is 4.87. The van der Waals surface area contributed by atoms with Crippen molar-refractivity contribution in [2.75, 3.05) is 5.73 Å². The van der Waals surface area contributed by atoms with Crippen molar-refractivity contribution < 1.29 is 4.42 Å². The average molecular weight is 310 g/mol. The third kappa shape index (κ3) is 1.83. The molecule has 0 saturated carbocycles. The maximum absolute atomic E-state index is 5.71. The minimum absolute atomic E-state index is 0.515. The van der Waals surface area contributed by atoms with Crippen LogP contribution >= 0.6 is 27.3 Å². The Balaban J connectivity index is 2.16. The summed E-state index contributed by atoms with van der Waals surface area (Å²) in [6.45, 7) is 1.83. The first-order valence-electron chi connectivity index (χ1n) is 4.93. The summed E-state index contributed by atoms with van der Waals surface area (Å²) in [5.41, 5.74) is 8.33. The first-order chi connectivity index (χ1) is 8.13. The number of hydrogen-bond donors (Lipinski definition) is 1. The molecule has 0 spiro atoms. The quantitative estimate of drug-likeness (QED) is 0.746. The zero-order valence-corrected chi connectivity index (χ0v) is 11.3. The molecule has 0 saturated heterocycles. The van der Waals surface area contributed by atoms with Gasteiger partial charge in [-0.2, -0.15) is 0 Å². The number of rotatable bonds is 1. The number of anilines is 1. The number of halogens is 1. The van der Waals surface area contributed by atoms with Gasteiger partial charge in [0, 0.05) is 12.5 Å². The van der Waals surface area contributed by atoms with Crippen molar-refractivity contribution in [3.63, 3.8) is 0 Å². The second-order valence-corrected chi connectivity index (χ2v) is 5.91. The molecule has 0 unspecified atom stereocenters. The summed E-state index contributed by atoms with van der Waals surface area (Å²) < 4.78 is 6.28. The number of nitrogens with two attached hydrogens (primary N) is 1. The second kappa shape index (κ2) is 3.82. The van der Waals surface area contributed by atoms with E-state index in [1.807, 2.05) is 25.1 Å². The van der Waals surface area contributed by atoms with E-state index in [0.29, 0.717) is 11.7 Å². The van der Waals surface area contributed by atoms with E-state index in [9.17, 15) is 0 Å². The molecule has 4 nitrogen and oxygen atoms in total. The molecule has 2 heterocycles. The molecule has 3 rings (SSSR count). The monoisotopic (exact) mass is 309 g/mol. The molecular weight excluding hydrogens is 302 g/mol. The molecule has 0 aliphatic carbocycles. The molecule has 0 radical (unpaired) electrons.